The molecule has 1 unspecified atom stereocenters. The molecule has 0 radical (unpaired) electrons. The summed E-state index contributed by atoms with van der Waals surface area (Å²) in [6.45, 7) is 2.20. The number of nitrogens with one attached hydrogen (secondary N) is 1. The summed E-state index contributed by atoms with van der Waals surface area (Å²) in [6.07, 6.45) is 1.21. The molecule has 1 fully saturated rings. The molecule has 0 saturated carbocycles. The third kappa shape index (κ3) is 1.59. The average molecular weight is 263 g/mol. The molecule has 1 aliphatic heterocycles. The van der Waals surface area contributed by atoms with Gasteiger partial charge >= 0.3 is 0 Å². The Hall–Kier alpha value is -0.0300. The molecule has 0 aromatic carbocycles. The minimum Gasteiger partial charge on any atom is -0.455 e. The van der Waals surface area contributed by atoms with Crippen LogP contribution in [0.1, 0.15) is 18.1 Å². The summed E-state index contributed by atoms with van der Waals surface area (Å²) in [5.41, 5.74) is 0. The lowest BCUT2D eigenvalue weighted by atomic mass is 10.1. The van der Waals surface area contributed by atoms with E-state index in [1.807, 2.05) is 6.07 Å². The van der Waals surface area contributed by atoms with E-state index in [0.29, 0.717) is 5.92 Å². The molecule has 3 heteroatoms. The Bertz CT molecular complexity index is 240. The Labute approximate surface area is 79.5 Å². The van der Waals surface area contributed by atoms with Crippen LogP contribution in [0, 0.1) is 3.77 Å². The minimum absolute atomic E-state index is 0.610. The van der Waals surface area contributed by atoms with Crippen molar-refractivity contribution in [3.05, 3.63) is 21.7 Å². The third-order valence-corrected chi connectivity index (χ3v) is 2.64. The van der Waals surface area contributed by atoms with Gasteiger partial charge in [-0.05, 0) is 47.7 Å². The van der Waals surface area contributed by atoms with Gasteiger partial charge in [-0.2, -0.15) is 0 Å². The van der Waals surface area contributed by atoms with Crippen molar-refractivity contribution in [1.29, 1.82) is 0 Å². The molecule has 1 atom stereocenters. The molecule has 1 aromatic heterocycles. The first-order valence-corrected chi connectivity index (χ1v) is 4.90. The minimum atomic E-state index is 0.610. The molecule has 0 aliphatic carbocycles. The first-order chi connectivity index (χ1) is 5.36. The molecular formula is C8H10INO. The van der Waals surface area contributed by atoms with Crippen LogP contribution in [0.2, 0.25) is 0 Å². The Morgan fingerprint density at radius 1 is 1.55 bits per heavy atom. The van der Waals surface area contributed by atoms with Crippen molar-refractivity contribution in [3.8, 4) is 0 Å². The highest BCUT2D eigenvalue weighted by molar-refractivity contribution is 14.1. The maximum atomic E-state index is 5.51. The van der Waals surface area contributed by atoms with Gasteiger partial charge in [-0.15, -0.1) is 0 Å². The molecule has 1 aliphatic rings. The zero-order valence-corrected chi connectivity index (χ0v) is 8.30. The highest BCUT2D eigenvalue weighted by Crippen LogP contribution is 2.24. The Balaban J connectivity index is 2.15. The average Bonchev–Trinajstić information content (AvgIpc) is 2.55. The lowest BCUT2D eigenvalue weighted by molar-refractivity contribution is 0.454. The number of hydrogen-bond acceptors (Lipinski definition) is 2. The van der Waals surface area contributed by atoms with Crippen molar-refractivity contribution in [3.63, 3.8) is 0 Å². The molecule has 1 aromatic rings. The van der Waals surface area contributed by atoms with Crippen LogP contribution in [-0.4, -0.2) is 13.1 Å². The Morgan fingerprint density at radius 3 is 3.00 bits per heavy atom. The molecule has 2 nitrogen and oxygen atoms in total. The van der Waals surface area contributed by atoms with E-state index in [1.165, 1.54) is 6.42 Å². The van der Waals surface area contributed by atoms with Gasteiger partial charge in [0.05, 0.1) is 0 Å². The van der Waals surface area contributed by atoms with E-state index in [0.717, 1.165) is 22.6 Å². The molecular weight excluding hydrogens is 253 g/mol. The normalized spacial score (nSPS) is 24.3. The molecule has 0 spiro atoms. The summed E-state index contributed by atoms with van der Waals surface area (Å²) in [6, 6.07) is 4.10. The summed E-state index contributed by atoms with van der Waals surface area (Å²) in [5, 5.41) is 3.32. The second-order valence-corrected chi connectivity index (χ2v) is 3.89. The first kappa shape index (κ1) is 7.61. The summed E-state index contributed by atoms with van der Waals surface area (Å²) in [7, 11) is 0. The van der Waals surface area contributed by atoms with E-state index in [1.54, 1.807) is 0 Å². The van der Waals surface area contributed by atoms with Crippen LogP contribution in [0.4, 0.5) is 0 Å². The molecule has 60 valence electrons. The van der Waals surface area contributed by atoms with Crippen LogP contribution in [-0.2, 0) is 0 Å². The number of halogens is 1. The predicted molar refractivity (Wildman–Crippen MR) is 51.7 cm³/mol. The molecule has 0 amide bonds. The second-order valence-electron chi connectivity index (χ2n) is 2.83. The largest absolute Gasteiger partial charge is 0.455 e. The summed E-state index contributed by atoms with van der Waals surface area (Å²) in [5.74, 6) is 1.75. The van der Waals surface area contributed by atoms with Crippen molar-refractivity contribution >= 4 is 22.6 Å². The summed E-state index contributed by atoms with van der Waals surface area (Å²) < 4.78 is 6.50. The van der Waals surface area contributed by atoms with E-state index in [-0.39, 0.29) is 0 Å². The van der Waals surface area contributed by atoms with Crippen molar-refractivity contribution in [1.82, 2.24) is 5.32 Å². The quantitative estimate of drug-likeness (QED) is 0.783. The van der Waals surface area contributed by atoms with Crippen LogP contribution in [0.15, 0.2) is 16.5 Å². The zero-order valence-electron chi connectivity index (χ0n) is 6.14. The van der Waals surface area contributed by atoms with Crippen LogP contribution < -0.4 is 5.32 Å². The Morgan fingerprint density at radius 2 is 2.45 bits per heavy atom. The molecule has 1 N–H and O–H groups in total. The van der Waals surface area contributed by atoms with Crippen LogP contribution >= 0.6 is 22.6 Å². The maximum absolute atomic E-state index is 5.51. The van der Waals surface area contributed by atoms with Crippen molar-refractivity contribution in [2.45, 2.75) is 12.3 Å². The summed E-state index contributed by atoms with van der Waals surface area (Å²) in [4.78, 5) is 0. The molecule has 1 saturated heterocycles. The summed E-state index contributed by atoms with van der Waals surface area (Å²) >= 11 is 2.20. The van der Waals surface area contributed by atoms with Crippen LogP contribution in [0.5, 0.6) is 0 Å². The SMILES string of the molecule is Ic1ccc(C2CCNC2)o1. The van der Waals surface area contributed by atoms with Crippen LogP contribution in [0.3, 0.4) is 0 Å². The number of furan rings is 1. The topological polar surface area (TPSA) is 25.2 Å². The maximum Gasteiger partial charge on any atom is 0.163 e. The first-order valence-electron chi connectivity index (χ1n) is 3.82. The second kappa shape index (κ2) is 3.15. The Kier molecular flexibility index (Phi) is 2.18. The highest BCUT2D eigenvalue weighted by Gasteiger charge is 2.19. The van der Waals surface area contributed by atoms with Gasteiger partial charge in [0.25, 0.3) is 0 Å². The fourth-order valence-corrected chi connectivity index (χ4v) is 1.88. The third-order valence-electron chi connectivity index (χ3n) is 2.06. The lowest BCUT2D eigenvalue weighted by Crippen LogP contribution is -2.07. The van der Waals surface area contributed by atoms with E-state index in [2.05, 4.69) is 34.0 Å². The zero-order chi connectivity index (χ0) is 7.68. The van der Waals surface area contributed by atoms with Gasteiger partial charge in [-0.3, -0.25) is 0 Å². The van der Waals surface area contributed by atoms with E-state index in [4.69, 9.17) is 4.42 Å². The number of rotatable bonds is 1. The highest BCUT2D eigenvalue weighted by atomic mass is 127. The van der Waals surface area contributed by atoms with Crippen molar-refractivity contribution in [2.24, 2.45) is 0 Å². The van der Waals surface area contributed by atoms with Gasteiger partial charge in [0.2, 0.25) is 0 Å². The lowest BCUT2D eigenvalue weighted by Gasteiger charge is -2.01. The van der Waals surface area contributed by atoms with Gasteiger partial charge in [0.1, 0.15) is 5.76 Å². The standard InChI is InChI=1S/C8H10INO/c9-8-2-1-7(11-8)6-3-4-10-5-6/h1-2,6,10H,3-5H2. The van der Waals surface area contributed by atoms with E-state index >= 15 is 0 Å². The van der Waals surface area contributed by atoms with E-state index in [9.17, 15) is 0 Å². The van der Waals surface area contributed by atoms with Gasteiger partial charge in [0.15, 0.2) is 3.77 Å². The van der Waals surface area contributed by atoms with Crippen molar-refractivity contribution in [2.75, 3.05) is 13.1 Å². The van der Waals surface area contributed by atoms with Gasteiger partial charge < -0.3 is 9.73 Å². The van der Waals surface area contributed by atoms with Crippen LogP contribution in [0.25, 0.3) is 0 Å². The van der Waals surface area contributed by atoms with E-state index < -0.39 is 0 Å². The molecule has 11 heavy (non-hydrogen) atoms. The van der Waals surface area contributed by atoms with Gasteiger partial charge in [0, 0.05) is 12.5 Å². The predicted octanol–water partition coefficient (Wildman–Crippen LogP) is 1.96. The van der Waals surface area contributed by atoms with Crippen molar-refractivity contribution < 1.29 is 4.42 Å². The molecule has 2 heterocycles. The molecule has 2 rings (SSSR count). The van der Waals surface area contributed by atoms with Gasteiger partial charge in [-0.25, -0.2) is 0 Å². The number of hydrogen-bond donors (Lipinski definition) is 1. The smallest absolute Gasteiger partial charge is 0.163 e. The fraction of sp³-hybridized carbons (Fsp3) is 0.500. The fourth-order valence-electron chi connectivity index (χ4n) is 1.45. The monoisotopic (exact) mass is 263 g/mol. The van der Waals surface area contributed by atoms with Gasteiger partial charge in [-0.1, -0.05) is 0 Å². The molecule has 0 bridgehead atoms.